The summed E-state index contributed by atoms with van der Waals surface area (Å²) in [7, 11) is 0. The summed E-state index contributed by atoms with van der Waals surface area (Å²) in [6.07, 6.45) is 2.63. The summed E-state index contributed by atoms with van der Waals surface area (Å²) in [5.41, 5.74) is 3.33. The lowest BCUT2D eigenvalue weighted by molar-refractivity contribution is 1.08. The van der Waals surface area contributed by atoms with Gasteiger partial charge in [0.2, 0.25) is 0 Å². The fourth-order valence-corrected chi connectivity index (χ4v) is 1.23. The highest BCUT2D eigenvalue weighted by molar-refractivity contribution is 5.35. The van der Waals surface area contributed by atoms with Gasteiger partial charge in [-0.05, 0) is 24.8 Å². The molecule has 1 aromatic carbocycles. The molecule has 1 nitrogen and oxygen atoms in total. The molecule has 0 N–H and O–H groups in total. The maximum absolute atomic E-state index is 4.01. The number of hydrogen-bond donors (Lipinski definition) is 0. The Balaban J connectivity index is 2.87. The molecule has 0 atom stereocenters. The molecule has 0 bridgehead atoms. The molecule has 0 saturated heterocycles. The van der Waals surface area contributed by atoms with E-state index in [9.17, 15) is 0 Å². The van der Waals surface area contributed by atoms with Gasteiger partial charge in [0.1, 0.15) is 0 Å². The van der Waals surface area contributed by atoms with Crippen molar-refractivity contribution < 1.29 is 0 Å². The lowest BCUT2D eigenvalue weighted by Crippen LogP contribution is -1.90. The van der Waals surface area contributed by atoms with E-state index in [1.165, 1.54) is 5.56 Å². The van der Waals surface area contributed by atoms with Crippen molar-refractivity contribution in [3.63, 3.8) is 0 Å². The summed E-state index contributed by atoms with van der Waals surface area (Å²) in [6, 6.07) is 10.2. The van der Waals surface area contributed by atoms with Gasteiger partial charge in [0.15, 0.2) is 0 Å². The minimum Gasteiger partial charge on any atom is -0.268 e. The Morgan fingerprint density at radius 2 is 2.00 bits per heavy atom. The maximum atomic E-state index is 4.01. The average Bonchev–Trinajstić information content (AvgIpc) is 2.26. The summed E-state index contributed by atoms with van der Waals surface area (Å²) in [5.74, 6) is 0. The third kappa shape index (κ3) is 2.70. The molecule has 0 fully saturated rings. The Kier molecular flexibility index (Phi) is 3.86. The van der Waals surface area contributed by atoms with Crippen LogP contribution in [0.5, 0.6) is 0 Å². The van der Waals surface area contributed by atoms with Crippen molar-refractivity contribution in [3.8, 4) is 0 Å². The van der Waals surface area contributed by atoms with E-state index >= 15 is 0 Å². The van der Waals surface area contributed by atoms with E-state index in [2.05, 4.69) is 30.4 Å². The van der Waals surface area contributed by atoms with E-state index < -0.39 is 0 Å². The number of benzene rings is 1. The van der Waals surface area contributed by atoms with Crippen LogP contribution >= 0.6 is 0 Å². The normalized spacial score (nSPS) is 11.8. The van der Waals surface area contributed by atoms with Gasteiger partial charge in [0, 0.05) is 12.1 Å². The average molecular weight is 185 g/mol. The maximum Gasteiger partial charge on any atom is 0.0469 e. The van der Waals surface area contributed by atoms with Gasteiger partial charge in [-0.25, -0.2) is 0 Å². The second-order valence-electron chi connectivity index (χ2n) is 3.15. The SMILES string of the molecule is C=C/C(C)=C(/Cc1ccccc1)N=C. The first-order chi connectivity index (χ1) is 6.77. The Labute approximate surface area is 85.5 Å². The second kappa shape index (κ2) is 5.18. The van der Waals surface area contributed by atoms with Crippen molar-refractivity contribution in [2.24, 2.45) is 4.99 Å². The van der Waals surface area contributed by atoms with Crippen molar-refractivity contribution in [1.82, 2.24) is 0 Å². The first-order valence-corrected chi connectivity index (χ1v) is 4.60. The van der Waals surface area contributed by atoms with Crippen LogP contribution < -0.4 is 0 Å². The summed E-state index contributed by atoms with van der Waals surface area (Å²) in [5, 5.41) is 0. The zero-order valence-corrected chi connectivity index (χ0v) is 8.53. The van der Waals surface area contributed by atoms with E-state index in [0.29, 0.717) is 0 Å². The molecule has 0 saturated carbocycles. The lowest BCUT2D eigenvalue weighted by atomic mass is 10.1. The summed E-state index contributed by atoms with van der Waals surface area (Å²) < 4.78 is 0. The first-order valence-electron chi connectivity index (χ1n) is 4.60. The highest BCUT2D eigenvalue weighted by Gasteiger charge is 1.99. The van der Waals surface area contributed by atoms with Gasteiger partial charge in [0.25, 0.3) is 0 Å². The molecule has 14 heavy (non-hydrogen) atoms. The Bertz CT molecular complexity index is 347. The molecule has 0 aliphatic rings. The van der Waals surface area contributed by atoms with Crippen LogP contribution in [-0.4, -0.2) is 6.72 Å². The minimum atomic E-state index is 0.822. The lowest BCUT2D eigenvalue weighted by Gasteiger charge is -2.04. The number of rotatable bonds is 4. The quantitative estimate of drug-likeness (QED) is 0.503. The van der Waals surface area contributed by atoms with Crippen molar-refractivity contribution in [2.45, 2.75) is 13.3 Å². The van der Waals surface area contributed by atoms with Crippen LogP contribution in [0.15, 0.2) is 59.2 Å². The Hall–Kier alpha value is -1.63. The van der Waals surface area contributed by atoms with Crippen molar-refractivity contribution in [2.75, 3.05) is 0 Å². The van der Waals surface area contributed by atoms with E-state index in [0.717, 1.165) is 17.7 Å². The second-order valence-corrected chi connectivity index (χ2v) is 3.15. The largest absolute Gasteiger partial charge is 0.268 e. The van der Waals surface area contributed by atoms with Crippen LogP contribution in [0, 0.1) is 0 Å². The van der Waals surface area contributed by atoms with Crippen LogP contribution in [0.25, 0.3) is 0 Å². The highest BCUT2D eigenvalue weighted by atomic mass is 14.7. The van der Waals surface area contributed by atoms with Gasteiger partial charge in [-0.3, -0.25) is 4.99 Å². The topological polar surface area (TPSA) is 12.4 Å². The molecule has 0 amide bonds. The molecule has 72 valence electrons. The molecule has 1 aromatic rings. The predicted molar refractivity (Wildman–Crippen MR) is 62.6 cm³/mol. The van der Waals surface area contributed by atoms with Crippen LogP contribution in [0.1, 0.15) is 12.5 Å². The summed E-state index contributed by atoms with van der Waals surface area (Å²) in [4.78, 5) is 4.01. The molecule has 1 heteroatoms. The van der Waals surface area contributed by atoms with Gasteiger partial charge in [-0.1, -0.05) is 43.0 Å². The molecule has 0 aliphatic carbocycles. The Morgan fingerprint density at radius 1 is 1.36 bits per heavy atom. The fraction of sp³-hybridized carbons (Fsp3) is 0.154. The van der Waals surface area contributed by atoms with Gasteiger partial charge >= 0.3 is 0 Å². The van der Waals surface area contributed by atoms with Crippen LogP contribution in [-0.2, 0) is 6.42 Å². The third-order valence-corrected chi connectivity index (χ3v) is 2.17. The molecule has 1 rings (SSSR count). The molecule has 0 aliphatic heterocycles. The number of nitrogens with zero attached hydrogens (tertiary/aromatic N) is 1. The van der Waals surface area contributed by atoms with E-state index in [1.54, 1.807) is 0 Å². The van der Waals surface area contributed by atoms with Crippen molar-refractivity contribution in [1.29, 1.82) is 0 Å². The molecule has 0 heterocycles. The predicted octanol–water partition coefficient (Wildman–Crippen LogP) is 3.39. The molecular formula is C13H15N. The molecule has 0 unspecified atom stereocenters. The molecule has 0 radical (unpaired) electrons. The van der Waals surface area contributed by atoms with Crippen LogP contribution in [0.2, 0.25) is 0 Å². The van der Waals surface area contributed by atoms with E-state index in [4.69, 9.17) is 0 Å². The van der Waals surface area contributed by atoms with Crippen LogP contribution in [0.4, 0.5) is 0 Å². The molecular weight excluding hydrogens is 170 g/mol. The number of allylic oxidation sites excluding steroid dienone is 3. The monoisotopic (exact) mass is 185 g/mol. The zero-order valence-electron chi connectivity index (χ0n) is 8.53. The fourth-order valence-electron chi connectivity index (χ4n) is 1.23. The van der Waals surface area contributed by atoms with E-state index in [-0.39, 0.29) is 0 Å². The smallest absolute Gasteiger partial charge is 0.0469 e. The van der Waals surface area contributed by atoms with Crippen molar-refractivity contribution in [3.05, 3.63) is 59.8 Å². The van der Waals surface area contributed by atoms with Gasteiger partial charge in [0.05, 0.1) is 0 Å². The standard InChI is InChI=1S/C13H15N/c1-4-11(2)13(14-3)10-12-8-6-5-7-9-12/h4-9H,1,3,10H2,2H3/b13-11-. The van der Waals surface area contributed by atoms with Crippen LogP contribution in [0.3, 0.4) is 0 Å². The van der Waals surface area contributed by atoms with Crippen molar-refractivity contribution >= 4 is 6.72 Å². The minimum absolute atomic E-state index is 0.822. The van der Waals surface area contributed by atoms with Gasteiger partial charge < -0.3 is 0 Å². The molecule has 0 spiro atoms. The van der Waals surface area contributed by atoms with E-state index in [1.807, 2.05) is 31.2 Å². The third-order valence-electron chi connectivity index (χ3n) is 2.17. The zero-order chi connectivity index (χ0) is 10.4. The summed E-state index contributed by atoms with van der Waals surface area (Å²) >= 11 is 0. The Morgan fingerprint density at radius 3 is 2.50 bits per heavy atom. The number of aliphatic imine (C=N–C) groups is 1. The summed E-state index contributed by atoms with van der Waals surface area (Å²) in [6.45, 7) is 9.30. The van der Waals surface area contributed by atoms with Gasteiger partial charge in [-0.15, -0.1) is 0 Å². The number of hydrogen-bond acceptors (Lipinski definition) is 1. The first kappa shape index (κ1) is 10.5. The molecule has 0 aromatic heterocycles. The highest BCUT2D eigenvalue weighted by Crippen LogP contribution is 2.13. The van der Waals surface area contributed by atoms with Gasteiger partial charge in [-0.2, -0.15) is 0 Å².